The first-order valence-corrected chi connectivity index (χ1v) is 11.0. The summed E-state index contributed by atoms with van der Waals surface area (Å²) in [7, 11) is 0. The van der Waals surface area contributed by atoms with E-state index in [2.05, 4.69) is 30.9 Å². The van der Waals surface area contributed by atoms with Crippen LogP contribution in [0.15, 0.2) is 55.2 Å². The molecule has 1 saturated carbocycles. The minimum absolute atomic E-state index is 0.220. The zero-order valence-electron chi connectivity index (χ0n) is 18.3. The van der Waals surface area contributed by atoms with Crippen molar-refractivity contribution in [3.05, 3.63) is 72.4 Å². The van der Waals surface area contributed by atoms with Gasteiger partial charge in [0.05, 0.1) is 18.1 Å². The first-order valence-electron chi connectivity index (χ1n) is 11.0. The highest BCUT2D eigenvalue weighted by atomic mass is 19.1. The van der Waals surface area contributed by atoms with E-state index in [9.17, 15) is 18.4 Å². The Hall–Kier alpha value is -3.95. The van der Waals surface area contributed by atoms with Gasteiger partial charge in [0.1, 0.15) is 12.4 Å². The van der Waals surface area contributed by atoms with Crippen molar-refractivity contribution < 1.29 is 18.4 Å². The lowest BCUT2D eigenvalue weighted by Crippen LogP contribution is -2.45. The van der Waals surface area contributed by atoms with Crippen molar-refractivity contribution in [3.8, 4) is 0 Å². The molecule has 0 bridgehead atoms. The Labute approximate surface area is 195 Å². The number of halogens is 2. The van der Waals surface area contributed by atoms with E-state index in [4.69, 9.17) is 0 Å². The third-order valence-electron chi connectivity index (χ3n) is 5.75. The zero-order valence-corrected chi connectivity index (χ0v) is 18.3. The Bertz CT molecular complexity index is 1170. The van der Waals surface area contributed by atoms with E-state index in [1.54, 1.807) is 24.3 Å². The first kappa shape index (κ1) is 23.2. The summed E-state index contributed by atoms with van der Waals surface area (Å²) in [6, 6.07) is 7.10. The molecule has 0 unspecified atom stereocenters. The van der Waals surface area contributed by atoms with E-state index in [1.165, 1.54) is 12.3 Å². The molecule has 1 atom stereocenters. The van der Waals surface area contributed by atoms with Crippen molar-refractivity contribution in [2.24, 2.45) is 5.92 Å². The summed E-state index contributed by atoms with van der Waals surface area (Å²) in [5.41, 5.74) is 1.01. The topological polar surface area (TPSA) is 109 Å². The number of carbonyl (C=O) groups is 2. The van der Waals surface area contributed by atoms with Crippen molar-refractivity contribution in [2.75, 3.05) is 10.6 Å². The molecule has 34 heavy (non-hydrogen) atoms. The molecule has 8 nitrogen and oxygen atoms in total. The fourth-order valence-corrected chi connectivity index (χ4v) is 4.03. The molecule has 1 aliphatic rings. The van der Waals surface area contributed by atoms with E-state index < -0.39 is 29.5 Å². The number of carbonyl (C=O) groups excluding carboxylic acids is 2. The molecule has 0 saturated heterocycles. The van der Waals surface area contributed by atoms with Gasteiger partial charge >= 0.3 is 0 Å². The number of pyridine rings is 1. The molecule has 0 radical (unpaired) electrons. The molecule has 3 aromatic rings. The molecule has 3 N–H and O–H groups in total. The molecule has 4 rings (SSSR count). The Balaban J connectivity index is 1.49. The van der Waals surface area contributed by atoms with E-state index in [0.29, 0.717) is 12.1 Å². The molecule has 0 spiro atoms. The third-order valence-corrected chi connectivity index (χ3v) is 5.75. The van der Waals surface area contributed by atoms with Crippen LogP contribution in [0.25, 0.3) is 0 Å². The molecule has 2 amide bonds. The number of hydrogen-bond donors (Lipinski definition) is 3. The Morgan fingerprint density at radius 1 is 1.06 bits per heavy atom. The van der Waals surface area contributed by atoms with Gasteiger partial charge in [-0.05, 0) is 36.6 Å². The standard InChI is InChI=1S/C24H24F2N6O2/c25-18-12-27-9-8-20(18)30-17-7-3-6-16(11-17)23(33)31-21(10-15-4-1-2-5-15)24(34)32-22-19(26)13-28-14-29-22/h3,6-9,11-15,21H,1-2,4-5,10H2,(H,27,30)(H,31,33)(H,28,29,32,34)/t21-/m0/s1. The van der Waals surface area contributed by atoms with Crippen LogP contribution >= 0.6 is 0 Å². The van der Waals surface area contributed by atoms with Crippen LogP contribution in [0.5, 0.6) is 0 Å². The van der Waals surface area contributed by atoms with Gasteiger partial charge in [0.2, 0.25) is 5.91 Å². The molecule has 2 aromatic heterocycles. The number of benzene rings is 1. The Morgan fingerprint density at radius 2 is 1.85 bits per heavy atom. The number of nitrogens with zero attached hydrogens (tertiary/aromatic N) is 3. The summed E-state index contributed by atoms with van der Waals surface area (Å²) in [6.45, 7) is 0. The minimum Gasteiger partial charge on any atom is -0.353 e. The van der Waals surface area contributed by atoms with E-state index in [1.807, 2.05) is 0 Å². The summed E-state index contributed by atoms with van der Waals surface area (Å²) in [4.78, 5) is 37.0. The molecule has 0 aliphatic heterocycles. The van der Waals surface area contributed by atoms with Crippen molar-refractivity contribution in [1.29, 1.82) is 0 Å². The largest absolute Gasteiger partial charge is 0.353 e. The van der Waals surface area contributed by atoms with Crippen LogP contribution in [-0.2, 0) is 4.79 Å². The maximum Gasteiger partial charge on any atom is 0.252 e. The van der Waals surface area contributed by atoms with Crippen molar-refractivity contribution in [2.45, 2.75) is 38.1 Å². The molecular weight excluding hydrogens is 442 g/mol. The molecule has 10 heteroatoms. The quantitative estimate of drug-likeness (QED) is 0.459. The Kier molecular flexibility index (Phi) is 7.36. The van der Waals surface area contributed by atoms with Gasteiger partial charge in [0.25, 0.3) is 5.91 Å². The van der Waals surface area contributed by atoms with Crippen LogP contribution < -0.4 is 16.0 Å². The van der Waals surface area contributed by atoms with Gasteiger partial charge in [-0.15, -0.1) is 0 Å². The average Bonchev–Trinajstić information content (AvgIpc) is 3.35. The highest BCUT2D eigenvalue weighted by molar-refractivity contribution is 6.01. The molecule has 1 fully saturated rings. The fourth-order valence-electron chi connectivity index (χ4n) is 4.03. The normalized spacial score (nSPS) is 14.4. The fraction of sp³-hybridized carbons (Fsp3) is 0.292. The molecule has 176 valence electrons. The van der Waals surface area contributed by atoms with Gasteiger partial charge in [-0.3, -0.25) is 14.6 Å². The van der Waals surface area contributed by atoms with E-state index in [-0.39, 0.29) is 23.0 Å². The van der Waals surface area contributed by atoms with Crippen LogP contribution in [0.4, 0.5) is 26.0 Å². The lowest BCUT2D eigenvalue weighted by Gasteiger charge is -2.21. The summed E-state index contributed by atoms with van der Waals surface area (Å²) >= 11 is 0. The lowest BCUT2D eigenvalue weighted by atomic mass is 9.97. The van der Waals surface area contributed by atoms with Gasteiger partial charge in [0, 0.05) is 17.4 Å². The number of amides is 2. The summed E-state index contributed by atoms with van der Waals surface area (Å²) in [5.74, 6) is -2.26. The SMILES string of the molecule is O=C(N[C@@H](CC1CCCC1)C(=O)Nc1ncncc1F)c1cccc(Nc2ccncc2F)c1. The minimum atomic E-state index is -0.876. The van der Waals surface area contributed by atoms with Crippen LogP contribution in [0.2, 0.25) is 0 Å². The average molecular weight is 466 g/mol. The summed E-state index contributed by atoms with van der Waals surface area (Å²) in [5, 5.41) is 8.14. The number of nitrogens with one attached hydrogen (secondary N) is 3. The highest BCUT2D eigenvalue weighted by Crippen LogP contribution is 2.29. The van der Waals surface area contributed by atoms with Crippen molar-refractivity contribution in [3.63, 3.8) is 0 Å². The van der Waals surface area contributed by atoms with E-state index >= 15 is 0 Å². The monoisotopic (exact) mass is 466 g/mol. The van der Waals surface area contributed by atoms with Crippen LogP contribution in [0, 0.1) is 17.6 Å². The molecular formula is C24H24F2N6O2. The van der Waals surface area contributed by atoms with Gasteiger partial charge in [-0.25, -0.2) is 18.7 Å². The predicted octanol–water partition coefficient (Wildman–Crippen LogP) is 4.21. The van der Waals surface area contributed by atoms with Gasteiger partial charge in [0.15, 0.2) is 17.5 Å². The third kappa shape index (κ3) is 5.89. The van der Waals surface area contributed by atoms with Gasteiger partial charge < -0.3 is 16.0 Å². The second kappa shape index (κ2) is 10.8. The van der Waals surface area contributed by atoms with Crippen molar-refractivity contribution >= 4 is 29.0 Å². The predicted molar refractivity (Wildman–Crippen MR) is 122 cm³/mol. The molecule has 1 aromatic carbocycles. The number of anilines is 3. The number of hydrogen-bond acceptors (Lipinski definition) is 6. The van der Waals surface area contributed by atoms with Crippen LogP contribution in [0.3, 0.4) is 0 Å². The smallest absolute Gasteiger partial charge is 0.252 e. The van der Waals surface area contributed by atoms with E-state index in [0.717, 1.165) is 44.4 Å². The maximum atomic E-state index is 13.9. The zero-order chi connectivity index (χ0) is 23.9. The van der Waals surface area contributed by atoms with Crippen LogP contribution in [0.1, 0.15) is 42.5 Å². The summed E-state index contributed by atoms with van der Waals surface area (Å²) in [6.07, 6.45) is 9.16. The second-order valence-corrected chi connectivity index (χ2v) is 8.18. The van der Waals surface area contributed by atoms with Gasteiger partial charge in [-0.1, -0.05) is 31.7 Å². The molecule has 1 aliphatic carbocycles. The first-order chi connectivity index (χ1) is 16.5. The summed E-state index contributed by atoms with van der Waals surface area (Å²) < 4.78 is 27.8. The van der Waals surface area contributed by atoms with Crippen LogP contribution in [-0.4, -0.2) is 32.8 Å². The second-order valence-electron chi connectivity index (χ2n) is 8.18. The number of rotatable bonds is 8. The number of aromatic nitrogens is 3. The van der Waals surface area contributed by atoms with Crippen molar-refractivity contribution in [1.82, 2.24) is 20.3 Å². The maximum absolute atomic E-state index is 13.9. The van der Waals surface area contributed by atoms with Gasteiger partial charge in [-0.2, -0.15) is 0 Å². The highest BCUT2D eigenvalue weighted by Gasteiger charge is 2.28. The molecule has 2 heterocycles. The Morgan fingerprint density at radius 3 is 2.62 bits per heavy atom. The lowest BCUT2D eigenvalue weighted by molar-refractivity contribution is -0.118.